The van der Waals surface area contributed by atoms with Gasteiger partial charge in [0.05, 0.1) is 6.61 Å². The third-order valence-corrected chi connectivity index (χ3v) is 3.29. The number of halogens is 1. The summed E-state index contributed by atoms with van der Waals surface area (Å²) in [6.45, 7) is 0.680. The molecule has 0 amide bonds. The summed E-state index contributed by atoms with van der Waals surface area (Å²) >= 11 is 6.08. The fourth-order valence-electron chi connectivity index (χ4n) is 2.26. The van der Waals surface area contributed by atoms with Gasteiger partial charge in [0.25, 0.3) is 0 Å². The van der Waals surface area contributed by atoms with Crippen LogP contribution in [0.4, 0.5) is 0 Å². The van der Waals surface area contributed by atoms with Crippen LogP contribution in [0.15, 0.2) is 24.5 Å². The predicted octanol–water partition coefficient (Wildman–Crippen LogP) is 2.27. The van der Waals surface area contributed by atoms with Gasteiger partial charge in [-0.1, -0.05) is 11.6 Å². The first-order valence-corrected chi connectivity index (χ1v) is 6.23. The second-order valence-corrected chi connectivity index (χ2v) is 4.78. The molecule has 1 aromatic carbocycles. The van der Waals surface area contributed by atoms with Crippen LogP contribution in [-0.4, -0.2) is 21.7 Å². The van der Waals surface area contributed by atoms with Crippen LogP contribution in [0.3, 0.4) is 0 Å². The minimum Gasteiger partial charge on any atom is -0.493 e. The molecule has 1 aromatic heterocycles. The average molecular weight is 265 g/mol. The van der Waals surface area contributed by atoms with Crippen LogP contribution in [0.2, 0.25) is 5.02 Å². The Hall–Kier alpha value is -1.52. The molecule has 1 aliphatic heterocycles. The molecule has 94 valence electrons. The van der Waals surface area contributed by atoms with E-state index in [4.69, 9.17) is 16.3 Å². The summed E-state index contributed by atoms with van der Waals surface area (Å²) in [7, 11) is 0. The van der Waals surface area contributed by atoms with Gasteiger partial charge in [-0.15, -0.1) is 0 Å². The van der Waals surface area contributed by atoms with E-state index in [0.717, 1.165) is 23.3 Å². The minimum atomic E-state index is -0.674. The van der Waals surface area contributed by atoms with Gasteiger partial charge in [-0.05, 0) is 23.3 Å². The lowest BCUT2D eigenvalue weighted by Gasteiger charge is -2.12. The Morgan fingerprint density at radius 3 is 3.17 bits per heavy atom. The van der Waals surface area contributed by atoms with Crippen LogP contribution in [0.1, 0.15) is 23.1 Å². The number of benzene rings is 1. The molecule has 0 fully saturated rings. The molecule has 18 heavy (non-hydrogen) atoms. The average Bonchev–Trinajstić information content (AvgIpc) is 2.98. The van der Waals surface area contributed by atoms with E-state index >= 15 is 0 Å². The molecular formula is C13H13ClN2O2. The smallest absolute Gasteiger partial charge is 0.135 e. The molecule has 2 aromatic rings. The van der Waals surface area contributed by atoms with Crippen LogP contribution in [0.25, 0.3) is 0 Å². The number of imidazole rings is 1. The molecule has 0 bridgehead atoms. The van der Waals surface area contributed by atoms with Crippen LogP contribution in [0, 0.1) is 0 Å². The number of hydrogen-bond acceptors (Lipinski definition) is 3. The number of nitrogens with one attached hydrogen (secondary N) is 1. The number of nitrogens with zero attached hydrogens (tertiary/aromatic N) is 1. The highest BCUT2D eigenvalue weighted by Crippen LogP contribution is 2.34. The lowest BCUT2D eigenvalue weighted by Crippen LogP contribution is -2.05. The molecule has 1 atom stereocenters. The van der Waals surface area contributed by atoms with E-state index in [1.807, 2.05) is 12.1 Å². The fraction of sp³-hybridized carbons (Fsp3) is 0.308. The van der Waals surface area contributed by atoms with Crippen LogP contribution >= 0.6 is 11.6 Å². The van der Waals surface area contributed by atoms with Gasteiger partial charge in [0.2, 0.25) is 0 Å². The van der Waals surface area contributed by atoms with Crippen molar-refractivity contribution < 1.29 is 9.84 Å². The van der Waals surface area contributed by atoms with E-state index in [0.29, 0.717) is 23.9 Å². The Labute approximate surface area is 110 Å². The van der Waals surface area contributed by atoms with E-state index in [-0.39, 0.29) is 0 Å². The molecule has 0 saturated carbocycles. The number of aromatic nitrogens is 2. The third-order valence-electron chi connectivity index (χ3n) is 3.07. The van der Waals surface area contributed by atoms with Crippen molar-refractivity contribution in [1.29, 1.82) is 0 Å². The molecule has 0 spiro atoms. The van der Waals surface area contributed by atoms with E-state index in [9.17, 15) is 5.11 Å². The number of H-pyrrole nitrogens is 1. The number of rotatable bonds is 3. The standard InChI is InChI=1S/C13H13ClN2O2/c14-10-5-8-1-4-18-12(8)9(6-10)7-11(17)13-15-2-3-16-13/h2-3,5-6,11,17H,1,4,7H2,(H,15,16). The Kier molecular flexibility index (Phi) is 2.97. The maximum atomic E-state index is 10.1. The zero-order valence-corrected chi connectivity index (χ0v) is 10.4. The normalized spacial score (nSPS) is 15.2. The van der Waals surface area contributed by atoms with Gasteiger partial charge in [0, 0.05) is 30.3 Å². The summed E-state index contributed by atoms with van der Waals surface area (Å²) in [4.78, 5) is 6.95. The van der Waals surface area contributed by atoms with Crippen molar-refractivity contribution in [2.45, 2.75) is 18.9 Å². The molecule has 0 aliphatic carbocycles. The number of ether oxygens (including phenoxy) is 1. The maximum Gasteiger partial charge on any atom is 0.135 e. The van der Waals surface area contributed by atoms with Crippen molar-refractivity contribution in [1.82, 2.24) is 9.97 Å². The summed E-state index contributed by atoms with van der Waals surface area (Å²) in [6, 6.07) is 3.77. The van der Waals surface area contributed by atoms with Gasteiger partial charge in [-0.3, -0.25) is 0 Å². The monoisotopic (exact) mass is 264 g/mol. The minimum absolute atomic E-state index is 0.441. The van der Waals surface area contributed by atoms with Crippen LogP contribution in [0.5, 0.6) is 5.75 Å². The quantitative estimate of drug-likeness (QED) is 0.894. The molecule has 0 radical (unpaired) electrons. The highest BCUT2D eigenvalue weighted by atomic mass is 35.5. The van der Waals surface area contributed by atoms with Crippen molar-refractivity contribution in [2.24, 2.45) is 0 Å². The van der Waals surface area contributed by atoms with Gasteiger partial charge in [-0.2, -0.15) is 0 Å². The number of aliphatic hydroxyl groups is 1. The molecule has 2 heterocycles. The summed E-state index contributed by atoms with van der Waals surface area (Å²) < 4.78 is 5.60. The largest absolute Gasteiger partial charge is 0.493 e. The first kappa shape index (κ1) is 11.6. The number of fused-ring (bicyclic) bond motifs is 1. The summed E-state index contributed by atoms with van der Waals surface area (Å²) in [5, 5.41) is 10.8. The SMILES string of the molecule is OC(Cc1cc(Cl)cc2c1OCC2)c1ncc[nH]1. The van der Waals surface area contributed by atoms with Gasteiger partial charge in [0.1, 0.15) is 17.7 Å². The second-order valence-electron chi connectivity index (χ2n) is 4.35. The van der Waals surface area contributed by atoms with Crippen molar-refractivity contribution >= 4 is 11.6 Å². The summed E-state index contributed by atoms with van der Waals surface area (Å²) in [5.74, 6) is 1.42. The molecule has 2 N–H and O–H groups in total. The summed E-state index contributed by atoms with van der Waals surface area (Å²) in [5.41, 5.74) is 2.04. The number of aliphatic hydroxyl groups excluding tert-OH is 1. The first-order chi connectivity index (χ1) is 8.74. The number of hydrogen-bond donors (Lipinski definition) is 2. The fourth-order valence-corrected chi connectivity index (χ4v) is 2.53. The Morgan fingerprint density at radius 2 is 2.39 bits per heavy atom. The van der Waals surface area contributed by atoms with Crippen LogP contribution < -0.4 is 4.74 Å². The second kappa shape index (κ2) is 4.63. The predicted molar refractivity (Wildman–Crippen MR) is 67.9 cm³/mol. The van der Waals surface area contributed by atoms with Crippen molar-refractivity contribution in [3.05, 3.63) is 46.5 Å². The third kappa shape index (κ3) is 2.09. The van der Waals surface area contributed by atoms with Crippen molar-refractivity contribution in [3.8, 4) is 5.75 Å². The highest BCUT2D eigenvalue weighted by molar-refractivity contribution is 6.30. The van der Waals surface area contributed by atoms with Gasteiger partial charge >= 0.3 is 0 Å². The highest BCUT2D eigenvalue weighted by Gasteiger charge is 2.20. The van der Waals surface area contributed by atoms with E-state index in [1.165, 1.54) is 0 Å². The van der Waals surface area contributed by atoms with Gasteiger partial charge in [0.15, 0.2) is 0 Å². The number of aromatic amines is 1. The Balaban J connectivity index is 1.89. The van der Waals surface area contributed by atoms with Gasteiger partial charge in [-0.25, -0.2) is 4.98 Å². The summed E-state index contributed by atoms with van der Waals surface area (Å²) in [6.07, 6.45) is 3.96. The first-order valence-electron chi connectivity index (χ1n) is 5.85. The molecular weight excluding hydrogens is 252 g/mol. The van der Waals surface area contributed by atoms with E-state index < -0.39 is 6.10 Å². The van der Waals surface area contributed by atoms with Crippen LogP contribution in [-0.2, 0) is 12.8 Å². The van der Waals surface area contributed by atoms with E-state index in [2.05, 4.69) is 9.97 Å². The molecule has 4 nitrogen and oxygen atoms in total. The molecule has 1 aliphatic rings. The van der Waals surface area contributed by atoms with Gasteiger partial charge < -0.3 is 14.8 Å². The lowest BCUT2D eigenvalue weighted by molar-refractivity contribution is 0.168. The van der Waals surface area contributed by atoms with Crippen molar-refractivity contribution in [3.63, 3.8) is 0 Å². The topological polar surface area (TPSA) is 58.1 Å². The molecule has 0 saturated heterocycles. The Bertz CT molecular complexity index is 554. The van der Waals surface area contributed by atoms with E-state index in [1.54, 1.807) is 12.4 Å². The van der Waals surface area contributed by atoms with Crippen molar-refractivity contribution in [2.75, 3.05) is 6.61 Å². The molecule has 1 unspecified atom stereocenters. The zero-order valence-electron chi connectivity index (χ0n) is 9.69. The zero-order chi connectivity index (χ0) is 12.5. The lowest BCUT2D eigenvalue weighted by atomic mass is 10.0. The molecule has 5 heteroatoms. The maximum absolute atomic E-state index is 10.1. The Morgan fingerprint density at radius 1 is 1.50 bits per heavy atom. The molecule has 3 rings (SSSR count).